The van der Waals surface area contributed by atoms with Crippen LogP contribution in [0.2, 0.25) is 0 Å². The van der Waals surface area contributed by atoms with Gasteiger partial charge in [0, 0.05) is 5.92 Å². The highest BCUT2D eigenvalue weighted by Crippen LogP contribution is 2.46. The van der Waals surface area contributed by atoms with Crippen LogP contribution in [0.1, 0.15) is 27.7 Å². The highest BCUT2D eigenvalue weighted by molar-refractivity contribution is 5.20. The van der Waals surface area contributed by atoms with Crippen molar-refractivity contribution in [3.63, 3.8) is 0 Å². The molecule has 6 heteroatoms. The normalized spacial score (nSPS) is 23.9. The highest BCUT2D eigenvalue weighted by atomic mass is 19.3. The summed E-state index contributed by atoms with van der Waals surface area (Å²) in [6.45, 7) is 5.97. The molecule has 0 saturated carbocycles. The van der Waals surface area contributed by atoms with Crippen LogP contribution in [0.5, 0.6) is 0 Å². The van der Waals surface area contributed by atoms with E-state index in [1.54, 1.807) is 0 Å². The Hall–Kier alpha value is -0.780. The summed E-state index contributed by atoms with van der Waals surface area (Å²) in [5.74, 6) is -1.59. The lowest BCUT2D eigenvalue weighted by atomic mass is 9.95. The molecule has 0 N–H and O–H groups in total. The zero-order valence-corrected chi connectivity index (χ0v) is 9.48. The Morgan fingerprint density at radius 2 is 1.44 bits per heavy atom. The number of hydrogen-bond donors (Lipinski definition) is 0. The van der Waals surface area contributed by atoms with Gasteiger partial charge in [0.05, 0.1) is 5.57 Å². The van der Waals surface area contributed by atoms with E-state index in [4.69, 9.17) is 0 Å². The maximum Gasteiger partial charge on any atom is 0.539 e. The van der Waals surface area contributed by atoms with Crippen molar-refractivity contribution in [3.8, 4) is 0 Å². The maximum atomic E-state index is 13.4. The van der Waals surface area contributed by atoms with Crippen molar-refractivity contribution in [2.75, 3.05) is 0 Å². The van der Waals surface area contributed by atoms with E-state index < -0.39 is 35.6 Å². The lowest BCUT2D eigenvalue weighted by molar-refractivity contribution is -0.464. The zero-order chi connectivity index (χ0) is 12.7. The topological polar surface area (TPSA) is 18.5 Å². The molecule has 0 saturated heterocycles. The fraction of sp³-hybridized carbons (Fsp3) is 0.800. The maximum absolute atomic E-state index is 13.4. The van der Waals surface area contributed by atoms with Gasteiger partial charge in [-0.1, -0.05) is 27.7 Å². The summed E-state index contributed by atoms with van der Waals surface area (Å²) < 4.78 is 59.9. The molecule has 0 amide bonds. The van der Waals surface area contributed by atoms with E-state index in [1.807, 2.05) is 0 Å². The Balaban J connectivity index is 3.28. The third kappa shape index (κ3) is 2.48. The molecule has 1 heterocycles. The molecule has 1 rings (SSSR count). The number of allylic oxidation sites excluding steroid dienone is 1. The first-order chi connectivity index (χ1) is 7.07. The number of hydrogen-bond acceptors (Lipinski definition) is 2. The van der Waals surface area contributed by atoms with E-state index in [1.165, 1.54) is 27.7 Å². The fourth-order valence-corrected chi connectivity index (χ4v) is 1.60. The second-order valence-electron chi connectivity index (χ2n) is 4.27. The third-order valence-electron chi connectivity index (χ3n) is 2.16. The smallest absolute Gasteiger partial charge is 0.413 e. The van der Waals surface area contributed by atoms with Crippen LogP contribution in [-0.4, -0.2) is 12.4 Å². The van der Waals surface area contributed by atoms with E-state index in [0.717, 1.165) is 0 Å². The monoisotopic (exact) mass is 242 g/mol. The van der Waals surface area contributed by atoms with E-state index in [-0.39, 0.29) is 0 Å². The first kappa shape index (κ1) is 13.3. The molecule has 0 bridgehead atoms. The second-order valence-corrected chi connectivity index (χ2v) is 4.27. The molecule has 2 nitrogen and oxygen atoms in total. The minimum absolute atomic E-state index is 0.392. The SMILES string of the molecule is CC(C)C1=C(C(C)C)C(F)(F)OC(F)(F)O1. The van der Waals surface area contributed by atoms with Gasteiger partial charge in [-0.25, -0.2) is 4.74 Å². The average Bonchev–Trinajstić information content (AvgIpc) is 1.96. The van der Waals surface area contributed by atoms with Crippen LogP contribution in [-0.2, 0) is 9.47 Å². The van der Waals surface area contributed by atoms with Crippen molar-refractivity contribution in [2.24, 2.45) is 11.8 Å². The molecule has 0 aliphatic carbocycles. The van der Waals surface area contributed by atoms with Gasteiger partial charge in [-0.05, 0) is 5.92 Å². The van der Waals surface area contributed by atoms with Gasteiger partial charge in [0.25, 0.3) is 0 Å². The molecule has 1 aliphatic rings. The summed E-state index contributed by atoms with van der Waals surface area (Å²) in [6, 6.07) is 0. The summed E-state index contributed by atoms with van der Waals surface area (Å²) in [6.07, 6.45) is -8.27. The quantitative estimate of drug-likeness (QED) is 0.687. The van der Waals surface area contributed by atoms with Crippen molar-refractivity contribution in [2.45, 2.75) is 40.1 Å². The lowest BCUT2D eigenvalue weighted by Crippen LogP contribution is -2.44. The van der Waals surface area contributed by atoms with Crippen molar-refractivity contribution in [1.29, 1.82) is 0 Å². The molecule has 1 aliphatic heterocycles. The third-order valence-corrected chi connectivity index (χ3v) is 2.16. The van der Waals surface area contributed by atoms with Crippen molar-refractivity contribution in [3.05, 3.63) is 11.3 Å². The van der Waals surface area contributed by atoms with Crippen LogP contribution < -0.4 is 0 Å². The van der Waals surface area contributed by atoms with Crippen LogP contribution in [0.15, 0.2) is 11.3 Å². The van der Waals surface area contributed by atoms with Gasteiger partial charge in [-0.2, -0.15) is 8.78 Å². The summed E-state index contributed by atoms with van der Waals surface area (Å²) in [7, 11) is 0. The first-order valence-electron chi connectivity index (χ1n) is 4.96. The van der Waals surface area contributed by atoms with E-state index in [2.05, 4.69) is 9.47 Å². The largest absolute Gasteiger partial charge is 0.539 e. The molecule has 0 radical (unpaired) electrons. The summed E-state index contributed by atoms with van der Waals surface area (Å²) in [5, 5.41) is 0. The zero-order valence-electron chi connectivity index (χ0n) is 9.48. The molecule has 94 valence electrons. The van der Waals surface area contributed by atoms with E-state index in [0.29, 0.717) is 0 Å². The minimum Gasteiger partial charge on any atom is -0.413 e. The molecular weight excluding hydrogens is 228 g/mol. The van der Waals surface area contributed by atoms with E-state index in [9.17, 15) is 17.6 Å². The second kappa shape index (κ2) is 3.91. The predicted octanol–water partition coefficient (Wildman–Crippen LogP) is 3.74. The standard InChI is InChI=1S/C10H14F4O2/c1-5(2)7-8(6(3)4)15-10(13,14)16-9(7,11)12/h5-6H,1-4H3. The van der Waals surface area contributed by atoms with Crippen molar-refractivity contribution >= 4 is 0 Å². The van der Waals surface area contributed by atoms with Crippen LogP contribution in [0.4, 0.5) is 17.6 Å². The van der Waals surface area contributed by atoms with Crippen LogP contribution in [0.3, 0.4) is 0 Å². The highest BCUT2D eigenvalue weighted by Gasteiger charge is 2.56. The van der Waals surface area contributed by atoms with E-state index >= 15 is 0 Å². The Kier molecular flexibility index (Phi) is 3.24. The van der Waals surface area contributed by atoms with Gasteiger partial charge >= 0.3 is 12.4 Å². The van der Waals surface area contributed by atoms with Crippen LogP contribution in [0, 0.1) is 11.8 Å². The number of rotatable bonds is 2. The summed E-state index contributed by atoms with van der Waals surface area (Å²) >= 11 is 0. The Morgan fingerprint density at radius 1 is 0.938 bits per heavy atom. The molecule has 0 aromatic carbocycles. The fourth-order valence-electron chi connectivity index (χ4n) is 1.60. The molecule has 0 unspecified atom stereocenters. The van der Waals surface area contributed by atoms with Gasteiger partial charge < -0.3 is 4.74 Å². The average molecular weight is 242 g/mol. The molecule has 16 heavy (non-hydrogen) atoms. The van der Waals surface area contributed by atoms with Gasteiger partial charge in [0.15, 0.2) is 0 Å². The van der Waals surface area contributed by atoms with Crippen LogP contribution >= 0.6 is 0 Å². The number of alkyl halides is 4. The first-order valence-corrected chi connectivity index (χ1v) is 4.96. The number of ether oxygens (including phenoxy) is 2. The van der Waals surface area contributed by atoms with Gasteiger partial charge in [0.1, 0.15) is 5.76 Å². The predicted molar refractivity (Wildman–Crippen MR) is 48.8 cm³/mol. The lowest BCUT2D eigenvalue weighted by Gasteiger charge is -2.35. The van der Waals surface area contributed by atoms with Crippen molar-refractivity contribution in [1.82, 2.24) is 0 Å². The number of halogens is 4. The van der Waals surface area contributed by atoms with Crippen LogP contribution in [0.25, 0.3) is 0 Å². The molecule has 0 spiro atoms. The Labute approximate surface area is 91.2 Å². The molecule has 0 fully saturated rings. The van der Waals surface area contributed by atoms with Gasteiger partial charge in [-0.3, -0.25) is 0 Å². The molecular formula is C10H14F4O2. The van der Waals surface area contributed by atoms with Crippen molar-refractivity contribution < 1.29 is 27.0 Å². The molecule has 0 atom stereocenters. The minimum atomic E-state index is -4.28. The summed E-state index contributed by atoms with van der Waals surface area (Å²) in [5.41, 5.74) is -0.520. The van der Waals surface area contributed by atoms with Gasteiger partial charge in [-0.15, -0.1) is 8.78 Å². The Bertz CT molecular complexity index is 308. The van der Waals surface area contributed by atoms with Gasteiger partial charge in [0.2, 0.25) is 0 Å². The Morgan fingerprint density at radius 3 is 1.81 bits per heavy atom. The summed E-state index contributed by atoms with van der Waals surface area (Å²) in [4.78, 5) is 0. The molecule has 0 aromatic heterocycles. The molecule has 0 aromatic rings.